The summed E-state index contributed by atoms with van der Waals surface area (Å²) in [5, 5.41) is 0. The van der Waals surface area contributed by atoms with E-state index in [4.69, 9.17) is 5.73 Å². The Labute approximate surface area is 125 Å². The topological polar surface area (TPSA) is 78.1 Å². The molecule has 2 aromatic rings. The highest BCUT2D eigenvalue weighted by molar-refractivity contribution is 9.10. The van der Waals surface area contributed by atoms with Gasteiger partial charge in [0.25, 0.3) is 0 Å². The zero-order valence-corrected chi connectivity index (χ0v) is 12.8. The van der Waals surface area contributed by atoms with Crippen LogP contribution >= 0.6 is 15.9 Å². The molecule has 0 aliphatic heterocycles. The monoisotopic (exact) mass is 335 g/mol. The fraction of sp³-hybridized carbons (Fsp3) is 0.214. The van der Waals surface area contributed by atoms with Crippen LogP contribution in [0.15, 0.2) is 28.7 Å². The van der Waals surface area contributed by atoms with Crippen molar-refractivity contribution in [2.75, 3.05) is 12.8 Å². The molecule has 0 aliphatic carbocycles. The van der Waals surface area contributed by atoms with Crippen LogP contribution in [-0.2, 0) is 11.2 Å². The van der Waals surface area contributed by atoms with Crippen LogP contribution in [-0.4, -0.2) is 23.0 Å². The maximum absolute atomic E-state index is 11.6. The number of carbonyl (C=O) groups is 1. The van der Waals surface area contributed by atoms with Gasteiger partial charge >= 0.3 is 5.97 Å². The summed E-state index contributed by atoms with van der Waals surface area (Å²) in [6.45, 7) is 1.72. The number of benzene rings is 1. The number of nitrogen functional groups attached to an aromatic ring is 1. The molecule has 1 aromatic heterocycles. The fourth-order valence-corrected chi connectivity index (χ4v) is 2.33. The van der Waals surface area contributed by atoms with Crippen molar-refractivity contribution < 1.29 is 9.53 Å². The molecule has 20 heavy (non-hydrogen) atoms. The lowest BCUT2D eigenvalue weighted by molar-refractivity contribution is 0.0600. The lowest BCUT2D eigenvalue weighted by Crippen LogP contribution is -2.13. The number of methoxy groups -OCH3 is 1. The molecule has 0 spiro atoms. The van der Waals surface area contributed by atoms with Gasteiger partial charge < -0.3 is 10.5 Å². The molecule has 6 heteroatoms. The van der Waals surface area contributed by atoms with Gasteiger partial charge in [-0.1, -0.05) is 34.1 Å². The molecule has 1 heterocycles. The maximum atomic E-state index is 11.6. The first kappa shape index (κ1) is 14.5. The van der Waals surface area contributed by atoms with E-state index in [-0.39, 0.29) is 11.4 Å². The van der Waals surface area contributed by atoms with Crippen LogP contribution in [0, 0.1) is 6.92 Å². The zero-order chi connectivity index (χ0) is 14.7. The van der Waals surface area contributed by atoms with Crippen LogP contribution in [0.25, 0.3) is 0 Å². The first-order valence-corrected chi connectivity index (χ1v) is 6.77. The number of nitrogens with two attached hydrogens (primary N) is 1. The molecule has 2 N–H and O–H groups in total. The number of aryl methyl sites for hydroxylation is 1. The highest BCUT2D eigenvalue weighted by Gasteiger charge is 2.17. The standard InChI is InChI=1S/C14H14BrN3O2/c1-8-12(14(19)20-2)13(16)18-11(17-8)7-9-5-3-4-6-10(9)15/h3-6H,7H2,1-2H3,(H2,16,17,18). The van der Waals surface area contributed by atoms with E-state index in [1.807, 2.05) is 24.3 Å². The molecule has 104 valence electrons. The van der Waals surface area contributed by atoms with E-state index >= 15 is 0 Å². The van der Waals surface area contributed by atoms with Gasteiger partial charge in [0.2, 0.25) is 0 Å². The van der Waals surface area contributed by atoms with Crippen molar-refractivity contribution in [1.82, 2.24) is 9.97 Å². The van der Waals surface area contributed by atoms with Crippen molar-refractivity contribution in [3.05, 3.63) is 51.4 Å². The number of halogens is 1. The summed E-state index contributed by atoms with van der Waals surface area (Å²) in [5.41, 5.74) is 7.62. The van der Waals surface area contributed by atoms with E-state index < -0.39 is 5.97 Å². The molecule has 0 fully saturated rings. The van der Waals surface area contributed by atoms with E-state index in [1.165, 1.54) is 7.11 Å². The lowest BCUT2D eigenvalue weighted by atomic mass is 10.1. The van der Waals surface area contributed by atoms with Gasteiger partial charge in [-0.2, -0.15) is 0 Å². The van der Waals surface area contributed by atoms with Crippen molar-refractivity contribution in [3.63, 3.8) is 0 Å². The van der Waals surface area contributed by atoms with Crippen LogP contribution < -0.4 is 5.73 Å². The second-order valence-electron chi connectivity index (χ2n) is 4.25. The first-order valence-electron chi connectivity index (χ1n) is 5.97. The molecule has 1 aromatic carbocycles. The van der Waals surface area contributed by atoms with Crippen molar-refractivity contribution in [2.45, 2.75) is 13.3 Å². The number of aromatic nitrogens is 2. The van der Waals surface area contributed by atoms with E-state index in [0.717, 1.165) is 10.0 Å². The van der Waals surface area contributed by atoms with Gasteiger partial charge in [0.05, 0.1) is 12.8 Å². The second kappa shape index (κ2) is 6.00. The number of esters is 1. The Bertz CT molecular complexity index is 636. The summed E-state index contributed by atoms with van der Waals surface area (Å²) in [7, 11) is 1.30. The minimum Gasteiger partial charge on any atom is -0.465 e. The van der Waals surface area contributed by atoms with Gasteiger partial charge in [-0.3, -0.25) is 0 Å². The molecular formula is C14H14BrN3O2. The Morgan fingerprint density at radius 3 is 2.65 bits per heavy atom. The Kier molecular flexibility index (Phi) is 4.34. The molecule has 5 nitrogen and oxygen atoms in total. The van der Waals surface area contributed by atoms with Crippen LogP contribution in [0.2, 0.25) is 0 Å². The third-order valence-corrected chi connectivity index (χ3v) is 3.63. The summed E-state index contributed by atoms with van der Waals surface area (Å²) >= 11 is 3.48. The molecule has 0 bridgehead atoms. The highest BCUT2D eigenvalue weighted by atomic mass is 79.9. The Balaban J connectivity index is 2.36. The van der Waals surface area contributed by atoms with E-state index in [0.29, 0.717) is 17.9 Å². The maximum Gasteiger partial charge on any atom is 0.343 e. The van der Waals surface area contributed by atoms with Crippen molar-refractivity contribution in [2.24, 2.45) is 0 Å². The predicted molar refractivity (Wildman–Crippen MR) is 79.5 cm³/mol. The van der Waals surface area contributed by atoms with E-state index in [9.17, 15) is 4.79 Å². The molecule has 0 saturated carbocycles. The second-order valence-corrected chi connectivity index (χ2v) is 5.10. The summed E-state index contributed by atoms with van der Waals surface area (Å²) in [5.74, 6) is 0.193. The largest absolute Gasteiger partial charge is 0.465 e. The molecule has 0 aliphatic rings. The molecule has 0 atom stereocenters. The van der Waals surface area contributed by atoms with Crippen molar-refractivity contribution in [1.29, 1.82) is 0 Å². The summed E-state index contributed by atoms with van der Waals surface area (Å²) < 4.78 is 5.65. The number of ether oxygens (including phenoxy) is 1. The van der Waals surface area contributed by atoms with Gasteiger partial charge in [-0.15, -0.1) is 0 Å². The van der Waals surface area contributed by atoms with Gasteiger partial charge in [0.1, 0.15) is 17.2 Å². The average Bonchev–Trinajstić information content (AvgIpc) is 2.40. The Morgan fingerprint density at radius 2 is 2.05 bits per heavy atom. The fourth-order valence-electron chi connectivity index (χ4n) is 1.90. The Hall–Kier alpha value is -1.95. The van der Waals surface area contributed by atoms with Crippen molar-refractivity contribution in [3.8, 4) is 0 Å². The zero-order valence-electron chi connectivity index (χ0n) is 11.2. The van der Waals surface area contributed by atoms with E-state index in [1.54, 1.807) is 6.92 Å². The first-order chi connectivity index (χ1) is 9.52. The third-order valence-electron chi connectivity index (χ3n) is 2.86. The normalized spacial score (nSPS) is 10.3. The predicted octanol–water partition coefficient (Wildman–Crippen LogP) is 2.51. The summed E-state index contributed by atoms with van der Waals surface area (Å²) in [4.78, 5) is 20.1. The number of rotatable bonds is 3. The molecular weight excluding hydrogens is 322 g/mol. The number of hydrogen-bond acceptors (Lipinski definition) is 5. The molecule has 0 saturated heterocycles. The van der Waals surface area contributed by atoms with Gasteiger partial charge in [-0.05, 0) is 18.6 Å². The van der Waals surface area contributed by atoms with E-state index in [2.05, 4.69) is 30.6 Å². The van der Waals surface area contributed by atoms with Gasteiger partial charge in [0, 0.05) is 10.9 Å². The van der Waals surface area contributed by atoms with Gasteiger partial charge in [-0.25, -0.2) is 14.8 Å². The minimum absolute atomic E-state index is 0.145. The molecule has 0 amide bonds. The average molecular weight is 336 g/mol. The molecule has 0 unspecified atom stereocenters. The van der Waals surface area contributed by atoms with Crippen LogP contribution in [0.1, 0.15) is 27.4 Å². The SMILES string of the molecule is COC(=O)c1c(C)nc(Cc2ccccc2Br)nc1N. The van der Waals surface area contributed by atoms with Crippen molar-refractivity contribution >= 4 is 27.7 Å². The van der Waals surface area contributed by atoms with Crippen LogP contribution in [0.5, 0.6) is 0 Å². The quantitative estimate of drug-likeness (QED) is 0.872. The number of nitrogens with zero attached hydrogens (tertiary/aromatic N) is 2. The van der Waals surface area contributed by atoms with Crippen LogP contribution in [0.3, 0.4) is 0 Å². The lowest BCUT2D eigenvalue weighted by Gasteiger charge is -2.09. The molecule has 2 rings (SSSR count). The number of anilines is 1. The summed E-state index contributed by atoms with van der Waals surface area (Å²) in [6, 6.07) is 7.81. The minimum atomic E-state index is -0.521. The highest BCUT2D eigenvalue weighted by Crippen LogP contribution is 2.20. The van der Waals surface area contributed by atoms with Gasteiger partial charge in [0.15, 0.2) is 0 Å². The summed E-state index contributed by atoms with van der Waals surface area (Å²) in [6.07, 6.45) is 0.536. The number of carbonyl (C=O) groups excluding carboxylic acids is 1. The van der Waals surface area contributed by atoms with Crippen LogP contribution in [0.4, 0.5) is 5.82 Å². The third kappa shape index (κ3) is 2.96. The number of hydrogen-bond donors (Lipinski definition) is 1. The smallest absolute Gasteiger partial charge is 0.343 e. The molecule has 0 radical (unpaired) electrons. The Morgan fingerprint density at radius 1 is 1.35 bits per heavy atom.